The number of anilines is 1. The fourth-order valence-corrected chi connectivity index (χ4v) is 3.70. The lowest BCUT2D eigenvalue weighted by molar-refractivity contribution is 0.0992. The molecule has 5 aromatic rings. The van der Waals surface area contributed by atoms with Gasteiger partial charge in [-0.25, -0.2) is 0 Å². The van der Waals surface area contributed by atoms with Crippen LogP contribution in [-0.2, 0) is 13.2 Å². The number of furan rings is 1. The summed E-state index contributed by atoms with van der Waals surface area (Å²) in [5, 5.41) is 10.2. The number of fused-ring (bicyclic) bond motifs is 1. The smallest absolute Gasteiger partial charge is 0.291 e. The van der Waals surface area contributed by atoms with Gasteiger partial charge in [0.15, 0.2) is 5.76 Å². The van der Waals surface area contributed by atoms with Crippen LogP contribution in [0.15, 0.2) is 95.7 Å². The van der Waals surface area contributed by atoms with Crippen molar-refractivity contribution >= 4 is 34.0 Å². The fraction of sp³-hybridized carbons (Fsp3) is 0.0769. The second-order valence-corrected chi connectivity index (χ2v) is 7.96. The average Bonchev–Trinajstić information content (AvgIpc) is 3.49. The normalized spacial score (nSPS) is 10.9. The Morgan fingerprint density at radius 3 is 2.70 bits per heavy atom. The minimum atomic E-state index is -0.350. The highest BCUT2D eigenvalue weighted by Gasteiger charge is 2.13. The highest BCUT2D eigenvalue weighted by molar-refractivity contribution is 6.30. The number of carbonyl (C=O) groups is 1. The third-order valence-corrected chi connectivity index (χ3v) is 5.44. The minimum Gasteiger partial charge on any atom is -0.486 e. The van der Waals surface area contributed by atoms with Crippen molar-refractivity contribution in [2.45, 2.75) is 13.2 Å². The van der Waals surface area contributed by atoms with Crippen LogP contribution in [0.4, 0.5) is 5.69 Å². The van der Waals surface area contributed by atoms with Crippen LogP contribution in [0.3, 0.4) is 0 Å². The second-order valence-electron chi connectivity index (χ2n) is 7.53. The first kappa shape index (κ1) is 20.8. The molecule has 0 aliphatic carbocycles. The standard InChI is InChI=1S/C26H20ClN3O3/c27-20-8-10-22(11-9-20)32-17-23-12-13-25(33-23)26(31)29-21-14-28-30(16-21)15-19-6-3-5-18-4-1-2-7-24(18)19/h1-14,16H,15,17H2,(H,29,31). The Hall–Kier alpha value is -4.03. The zero-order chi connectivity index (χ0) is 22.6. The number of hydrogen-bond donors (Lipinski definition) is 1. The molecule has 1 amide bonds. The molecule has 33 heavy (non-hydrogen) atoms. The topological polar surface area (TPSA) is 69.3 Å². The summed E-state index contributed by atoms with van der Waals surface area (Å²) in [5.41, 5.74) is 1.75. The summed E-state index contributed by atoms with van der Waals surface area (Å²) in [6.07, 6.45) is 3.42. The maximum atomic E-state index is 12.6. The van der Waals surface area contributed by atoms with E-state index in [-0.39, 0.29) is 18.3 Å². The summed E-state index contributed by atoms with van der Waals surface area (Å²) in [6.45, 7) is 0.808. The van der Waals surface area contributed by atoms with Crippen LogP contribution in [0.2, 0.25) is 5.02 Å². The molecule has 0 atom stereocenters. The Kier molecular flexibility index (Phi) is 5.83. The summed E-state index contributed by atoms with van der Waals surface area (Å²) in [7, 11) is 0. The molecule has 0 aliphatic heterocycles. The van der Waals surface area contributed by atoms with Crippen LogP contribution in [0, 0.1) is 0 Å². The molecule has 0 bridgehead atoms. The van der Waals surface area contributed by atoms with Crippen molar-refractivity contribution in [3.63, 3.8) is 0 Å². The molecule has 0 aliphatic rings. The van der Waals surface area contributed by atoms with Crippen LogP contribution in [-0.4, -0.2) is 15.7 Å². The third-order valence-electron chi connectivity index (χ3n) is 5.18. The Labute approximate surface area is 195 Å². The molecule has 2 aromatic heterocycles. The molecule has 5 rings (SSSR count). The largest absolute Gasteiger partial charge is 0.486 e. The number of ether oxygens (including phenoxy) is 1. The van der Waals surface area contributed by atoms with Crippen LogP contribution in [0.1, 0.15) is 21.9 Å². The van der Waals surface area contributed by atoms with E-state index in [9.17, 15) is 4.79 Å². The summed E-state index contributed by atoms with van der Waals surface area (Å²) >= 11 is 5.87. The van der Waals surface area contributed by atoms with Gasteiger partial charge in [-0.15, -0.1) is 0 Å². The number of carbonyl (C=O) groups excluding carboxylic acids is 1. The minimum absolute atomic E-state index is 0.200. The summed E-state index contributed by atoms with van der Waals surface area (Å²) in [4.78, 5) is 12.6. The van der Waals surface area contributed by atoms with Gasteiger partial charge in [-0.05, 0) is 52.7 Å². The number of nitrogens with one attached hydrogen (secondary N) is 1. The van der Waals surface area contributed by atoms with Crippen molar-refractivity contribution in [1.82, 2.24) is 9.78 Å². The molecular weight excluding hydrogens is 438 g/mol. The van der Waals surface area contributed by atoms with Crippen molar-refractivity contribution in [2.75, 3.05) is 5.32 Å². The van der Waals surface area contributed by atoms with Gasteiger partial charge in [-0.2, -0.15) is 5.10 Å². The second kappa shape index (κ2) is 9.22. The Bertz CT molecular complexity index is 1400. The lowest BCUT2D eigenvalue weighted by Gasteiger charge is -2.06. The molecule has 6 nitrogen and oxygen atoms in total. The summed E-state index contributed by atoms with van der Waals surface area (Å²) < 4.78 is 13.1. The van der Waals surface area contributed by atoms with Crippen LogP contribution >= 0.6 is 11.6 Å². The number of halogens is 1. The molecule has 0 radical (unpaired) electrons. The predicted octanol–water partition coefficient (Wildman–Crippen LogP) is 6.16. The maximum absolute atomic E-state index is 12.6. The van der Waals surface area contributed by atoms with Crippen LogP contribution < -0.4 is 10.1 Å². The lowest BCUT2D eigenvalue weighted by atomic mass is 10.0. The van der Waals surface area contributed by atoms with E-state index in [0.29, 0.717) is 28.8 Å². The number of nitrogens with zero attached hydrogens (tertiary/aromatic N) is 2. The van der Waals surface area contributed by atoms with Crippen molar-refractivity contribution in [2.24, 2.45) is 0 Å². The molecular formula is C26H20ClN3O3. The quantitative estimate of drug-likeness (QED) is 0.317. The number of benzene rings is 3. The van der Waals surface area contributed by atoms with Gasteiger partial charge in [0, 0.05) is 11.2 Å². The van der Waals surface area contributed by atoms with Gasteiger partial charge in [0.2, 0.25) is 0 Å². The van der Waals surface area contributed by atoms with Crippen molar-refractivity contribution < 1.29 is 13.9 Å². The third kappa shape index (κ3) is 4.91. The molecule has 0 saturated heterocycles. The molecule has 7 heteroatoms. The SMILES string of the molecule is O=C(Nc1cnn(Cc2cccc3ccccc23)c1)c1ccc(COc2ccc(Cl)cc2)o1. The van der Waals surface area contributed by atoms with E-state index in [1.807, 2.05) is 18.2 Å². The van der Waals surface area contributed by atoms with Gasteiger partial charge in [-0.1, -0.05) is 54.1 Å². The number of aromatic nitrogens is 2. The Morgan fingerprint density at radius 1 is 1.00 bits per heavy atom. The monoisotopic (exact) mass is 457 g/mol. The van der Waals surface area contributed by atoms with Gasteiger partial charge in [0.25, 0.3) is 5.91 Å². The molecule has 3 aromatic carbocycles. The number of hydrogen-bond acceptors (Lipinski definition) is 4. The molecule has 1 N–H and O–H groups in total. The first-order valence-corrected chi connectivity index (χ1v) is 10.8. The van der Waals surface area contributed by atoms with E-state index in [1.165, 1.54) is 10.8 Å². The van der Waals surface area contributed by atoms with Crippen LogP contribution in [0.5, 0.6) is 5.75 Å². The predicted molar refractivity (Wildman–Crippen MR) is 128 cm³/mol. The molecule has 0 fully saturated rings. The molecule has 0 spiro atoms. The summed E-state index contributed by atoms with van der Waals surface area (Å²) in [6, 6.07) is 24.8. The van der Waals surface area contributed by atoms with E-state index in [0.717, 1.165) is 5.56 Å². The Morgan fingerprint density at radius 2 is 1.82 bits per heavy atom. The average molecular weight is 458 g/mol. The molecule has 0 saturated carbocycles. The number of rotatable bonds is 7. The molecule has 0 unspecified atom stereocenters. The first-order chi connectivity index (χ1) is 16.1. The van der Waals surface area contributed by atoms with Crippen molar-refractivity contribution in [3.05, 3.63) is 113 Å². The lowest BCUT2D eigenvalue weighted by Crippen LogP contribution is -2.10. The first-order valence-electron chi connectivity index (χ1n) is 10.4. The fourth-order valence-electron chi connectivity index (χ4n) is 3.57. The Balaban J connectivity index is 1.21. The van der Waals surface area contributed by atoms with Gasteiger partial charge in [0.05, 0.1) is 18.4 Å². The van der Waals surface area contributed by atoms with E-state index in [2.05, 4.69) is 34.7 Å². The van der Waals surface area contributed by atoms with Crippen molar-refractivity contribution in [3.8, 4) is 5.75 Å². The van der Waals surface area contributed by atoms with Gasteiger partial charge < -0.3 is 14.5 Å². The van der Waals surface area contributed by atoms with E-state index < -0.39 is 0 Å². The zero-order valence-corrected chi connectivity index (χ0v) is 18.3. The number of amides is 1. The zero-order valence-electron chi connectivity index (χ0n) is 17.6. The van der Waals surface area contributed by atoms with Crippen LogP contribution in [0.25, 0.3) is 10.8 Å². The van der Waals surface area contributed by atoms with Gasteiger partial charge in [0.1, 0.15) is 18.1 Å². The van der Waals surface area contributed by atoms with E-state index in [1.54, 1.807) is 53.5 Å². The van der Waals surface area contributed by atoms with Gasteiger partial charge in [-0.3, -0.25) is 9.48 Å². The molecule has 164 valence electrons. The van der Waals surface area contributed by atoms with E-state index in [4.69, 9.17) is 20.8 Å². The van der Waals surface area contributed by atoms with Gasteiger partial charge >= 0.3 is 0 Å². The van der Waals surface area contributed by atoms with Crippen molar-refractivity contribution in [1.29, 1.82) is 0 Å². The highest BCUT2D eigenvalue weighted by atomic mass is 35.5. The highest BCUT2D eigenvalue weighted by Crippen LogP contribution is 2.21. The van der Waals surface area contributed by atoms with E-state index >= 15 is 0 Å². The summed E-state index contributed by atoms with van der Waals surface area (Å²) in [5.74, 6) is 1.06. The molecule has 2 heterocycles. The maximum Gasteiger partial charge on any atom is 0.291 e.